The Morgan fingerprint density at radius 1 is 1.48 bits per heavy atom. The maximum absolute atomic E-state index is 13.3. The number of hydrogen-bond acceptors (Lipinski definition) is 3. The summed E-state index contributed by atoms with van der Waals surface area (Å²) in [6, 6.07) is 3.51. The van der Waals surface area contributed by atoms with Crippen molar-refractivity contribution in [3.05, 3.63) is 24.0 Å². The van der Waals surface area contributed by atoms with Crippen molar-refractivity contribution in [3.8, 4) is 5.75 Å². The molecule has 0 saturated carbocycles. The van der Waals surface area contributed by atoms with Crippen LogP contribution in [-0.2, 0) is 4.79 Å². The van der Waals surface area contributed by atoms with Crippen LogP contribution in [0.15, 0.2) is 18.2 Å². The lowest BCUT2D eigenvalue weighted by Crippen LogP contribution is -2.44. The van der Waals surface area contributed by atoms with Crippen LogP contribution in [0.3, 0.4) is 0 Å². The largest absolute Gasteiger partial charge is 0.491 e. The number of amides is 2. The van der Waals surface area contributed by atoms with E-state index in [0.717, 1.165) is 6.42 Å². The Morgan fingerprint density at radius 3 is 2.96 bits per heavy atom. The highest BCUT2D eigenvalue weighted by molar-refractivity contribution is 5.91. The number of carbonyl (C=O) groups excluding carboxylic acids is 1. The van der Waals surface area contributed by atoms with Crippen LogP contribution in [0.1, 0.15) is 26.2 Å². The Morgan fingerprint density at radius 2 is 2.26 bits per heavy atom. The van der Waals surface area contributed by atoms with E-state index in [0.29, 0.717) is 31.7 Å². The second-order valence-corrected chi connectivity index (χ2v) is 5.54. The Kier molecular flexibility index (Phi) is 5.78. The van der Waals surface area contributed by atoms with E-state index < -0.39 is 23.7 Å². The van der Waals surface area contributed by atoms with Crippen molar-refractivity contribution in [1.82, 2.24) is 4.90 Å². The Bertz CT molecular complexity index is 579. The highest BCUT2D eigenvalue weighted by Gasteiger charge is 2.28. The summed E-state index contributed by atoms with van der Waals surface area (Å²) in [7, 11) is 0. The van der Waals surface area contributed by atoms with E-state index in [4.69, 9.17) is 9.84 Å². The molecule has 2 N–H and O–H groups in total. The van der Waals surface area contributed by atoms with Crippen LogP contribution in [-0.4, -0.2) is 41.7 Å². The lowest BCUT2D eigenvalue weighted by Gasteiger charge is -2.30. The molecule has 0 spiro atoms. The average Bonchev–Trinajstić information content (AvgIpc) is 2.55. The minimum Gasteiger partial charge on any atom is -0.491 e. The second-order valence-electron chi connectivity index (χ2n) is 5.54. The maximum Gasteiger partial charge on any atom is 0.321 e. The van der Waals surface area contributed by atoms with E-state index in [1.54, 1.807) is 0 Å². The molecule has 1 aliphatic rings. The van der Waals surface area contributed by atoms with Crippen LogP contribution in [0.2, 0.25) is 0 Å². The van der Waals surface area contributed by atoms with Crippen LogP contribution in [0.25, 0.3) is 0 Å². The summed E-state index contributed by atoms with van der Waals surface area (Å²) in [4.78, 5) is 24.9. The fourth-order valence-corrected chi connectivity index (χ4v) is 2.49. The number of carbonyl (C=O) groups is 2. The molecule has 1 aromatic carbocycles. The number of ether oxygens (including phenoxy) is 1. The first kappa shape index (κ1) is 17.1. The van der Waals surface area contributed by atoms with Gasteiger partial charge in [-0.2, -0.15) is 0 Å². The number of carboxylic acid groups (broad SMARTS) is 1. The summed E-state index contributed by atoms with van der Waals surface area (Å²) in [5.41, 5.74) is 0.377. The summed E-state index contributed by atoms with van der Waals surface area (Å²) in [6.07, 6.45) is 1.98. The van der Waals surface area contributed by atoms with Gasteiger partial charge in [0, 0.05) is 19.2 Å². The van der Waals surface area contributed by atoms with Crippen LogP contribution in [0.5, 0.6) is 5.75 Å². The molecule has 2 amide bonds. The number of hydrogen-bond donors (Lipinski definition) is 2. The zero-order valence-electron chi connectivity index (χ0n) is 13.0. The third-order valence-electron chi connectivity index (χ3n) is 3.70. The molecular weight excluding hydrogens is 303 g/mol. The minimum absolute atomic E-state index is 0.174. The molecule has 23 heavy (non-hydrogen) atoms. The van der Waals surface area contributed by atoms with Crippen molar-refractivity contribution in [2.75, 3.05) is 25.0 Å². The zero-order valence-corrected chi connectivity index (χ0v) is 13.0. The van der Waals surface area contributed by atoms with Gasteiger partial charge in [0.25, 0.3) is 0 Å². The van der Waals surface area contributed by atoms with Gasteiger partial charge in [-0.05, 0) is 31.4 Å². The molecule has 7 heteroatoms. The lowest BCUT2D eigenvalue weighted by atomic mass is 9.99. The summed E-state index contributed by atoms with van der Waals surface area (Å²) < 4.78 is 18.8. The number of nitrogens with one attached hydrogen (secondary N) is 1. The van der Waals surface area contributed by atoms with Gasteiger partial charge in [-0.25, -0.2) is 9.18 Å². The third kappa shape index (κ3) is 4.58. The number of piperidine rings is 1. The fourth-order valence-electron chi connectivity index (χ4n) is 2.49. The van der Waals surface area contributed by atoms with E-state index in [-0.39, 0.29) is 12.3 Å². The fraction of sp³-hybridized carbons (Fsp3) is 0.500. The van der Waals surface area contributed by atoms with Crippen LogP contribution in [0, 0.1) is 11.7 Å². The van der Waals surface area contributed by atoms with Gasteiger partial charge in [0.2, 0.25) is 0 Å². The van der Waals surface area contributed by atoms with E-state index in [9.17, 15) is 14.0 Å². The van der Waals surface area contributed by atoms with Crippen molar-refractivity contribution in [1.29, 1.82) is 0 Å². The molecule has 2 rings (SSSR count). The number of carboxylic acids is 1. The summed E-state index contributed by atoms with van der Waals surface area (Å²) in [5, 5.41) is 11.8. The van der Waals surface area contributed by atoms with Crippen molar-refractivity contribution in [3.63, 3.8) is 0 Å². The highest BCUT2D eigenvalue weighted by Crippen LogP contribution is 2.26. The zero-order chi connectivity index (χ0) is 16.8. The van der Waals surface area contributed by atoms with Crippen molar-refractivity contribution < 1.29 is 23.8 Å². The topological polar surface area (TPSA) is 78.9 Å². The molecule has 0 aliphatic carbocycles. The van der Waals surface area contributed by atoms with Crippen molar-refractivity contribution in [2.45, 2.75) is 26.2 Å². The molecule has 1 atom stereocenters. The number of nitrogens with zero attached hydrogens (tertiary/aromatic N) is 1. The number of likely N-dealkylation sites (tertiary alicyclic amines) is 1. The summed E-state index contributed by atoms with van der Waals surface area (Å²) in [6.45, 7) is 3.02. The van der Waals surface area contributed by atoms with Crippen LogP contribution in [0.4, 0.5) is 14.9 Å². The Labute approximate surface area is 134 Å². The van der Waals surface area contributed by atoms with E-state index in [1.807, 2.05) is 6.92 Å². The third-order valence-corrected chi connectivity index (χ3v) is 3.70. The predicted octanol–water partition coefficient (Wildman–Crippen LogP) is 2.94. The smallest absolute Gasteiger partial charge is 0.321 e. The molecule has 1 aliphatic heterocycles. The Hall–Kier alpha value is -2.31. The van der Waals surface area contributed by atoms with Gasteiger partial charge in [0.05, 0.1) is 18.2 Å². The first-order valence-corrected chi connectivity index (χ1v) is 7.72. The number of rotatable bonds is 5. The Balaban J connectivity index is 2.06. The molecule has 1 saturated heterocycles. The molecule has 1 fully saturated rings. The number of benzene rings is 1. The van der Waals surface area contributed by atoms with E-state index in [2.05, 4.69) is 5.32 Å². The molecule has 1 unspecified atom stereocenters. The second kappa shape index (κ2) is 7.80. The molecule has 1 heterocycles. The molecule has 126 valence electrons. The monoisotopic (exact) mass is 324 g/mol. The molecule has 0 aromatic heterocycles. The van der Waals surface area contributed by atoms with Crippen molar-refractivity contribution >= 4 is 17.7 Å². The number of aliphatic carboxylic acids is 1. The lowest BCUT2D eigenvalue weighted by molar-refractivity contribution is -0.143. The average molecular weight is 324 g/mol. The molecule has 0 bridgehead atoms. The molecule has 6 nitrogen and oxygen atoms in total. The number of urea groups is 1. The van der Waals surface area contributed by atoms with Gasteiger partial charge in [0.15, 0.2) is 0 Å². The van der Waals surface area contributed by atoms with Gasteiger partial charge < -0.3 is 20.1 Å². The quantitative estimate of drug-likeness (QED) is 0.873. The maximum atomic E-state index is 13.3. The van der Waals surface area contributed by atoms with Gasteiger partial charge in [-0.15, -0.1) is 0 Å². The highest BCUT2D eigenvalue weighted by atomic mass is 19.1. The van der Waals surface area contributed by atoms with Gasteiger partial charge >= 0.3 is 12.0 Å². The van der Waals surface area contributed by atoms with E-state index in [1.165, 1.54) is 23.1 Å². The summed E-state index contributed by atoms with van der Waals surface area (Å²) >= 11 is 0. The SMILES string of the molecule is CCCOc1cc(F)ccc1NC(=O)N1CCCC(C(=O)O)C1. The van der Waals surface area contributed by atoms with E-state index >= 15 is 0 Å². The number of anilines is 1. The molecule has 0 radical (unpaired) electrons. The molecular formula is C16H21FN2O4. The van der Waals surface area contributed by atoms with Gasteiger partial charge in [0.1, 0.15) is 11.6 Å². The van der Waals surface area contributed by atoms with Crippen LogP contribution < -0.4 is 10.1 Å². The van der Waals surface area contributed by atoms with Crippen molar-refractivity contribution in [2.24, 2.45) is 5.92 Å². The van der Waals surface area contributed by atoms with Gasteiger partial charge in [-0.3, -0.25) is 4.79 Å². The normalized spacial score (nSPS) is 17.7. The number of halogens is 1. The minimum atomic E-state index is -0.892. The van der Waals surface area contributed by atoms with Gasteiger partial charge in [-0.1, -0.05) is 6.92 Å². The standard InChI is InChI=1S/C16H21FN2O4/c1-2-8-23-14-9-12(17)5-6-13(14)18-16(22)19-7-3-4-11(10-19)15(20)21/h5-6,9,11H,2-4,7-8,10H2,1H3,(H,18,22)(H,20,21). The summed E-state index contributed by atoms with van der Waals surface area (Å²) in [5.74, 6) is -1.61. The first-order chi connectivity index (χ1) is 11.0. The first-order valence-electron chi connectivity index (χ1n) is 7.72. The van der Waals surface area contributed by atoms with Crippen LogP contribution >= 0.6 is 0 Å². The molecule has 1 aromatic rings. The predicted molar refractivity (Wildman–Crippen MR) is 83.1 cm³/mol.